The van der Waals surface area contributed by atoms with Gasteiger partial charge in [0.2, 0.25) is 5.95 Å². The number of fused-ring (bicyclic) bond motifs is 1. The van der Waals surface area contributed by atoms with Crippen LogP contribution in [0.1, 0.15) is 0 Å². The van der Waals surface area contributed by atoms with Gasteiger partial charge in [-0.1, -0.05) is 24.3 Å². The summed E-state index contributed by atoms with van der Waals surface area (Å²) in [6.07, 6.45) is 0. The van der Waals surface area contributed by atoms with Gasteiger partial charge in [-0.25, -0.2) is 4.98 Å². The highest BCUT2D eigenvalue weighted by Gasteiger charge is 2.07. The summed E-state index contributed by atoms with van der Waals surface area (Å²) in [5.41, 5.74) is 9.56. The number of nitrogens with zero attached hydrogens (tertiary/aromatic N) is 2. The van der Waals surface area contributed by atoms with Crippen LogP contribution in [-0.4, -0.2) is 9.55 Å². The molecule has 0 fully saturated rings. The Bertz CT molecular complexity index is 700. The number of rotatable bonds is 2. The summed E-state index contributed by atoms with van der Waals surface area (Å²) < 4.78 is 2.02. The summed E-state index contributed by atoms with van der Waals surface area (Å²) >= 11 is 0. The highest BCUT2D eigenvalue weighted by Crippen LogP contribution is 2.24. The monoisotopic (exact) mass is 238 g/mol. The number of nitrogens with two attached hydrogens (primary N) is 1. The van der Waals surface area contributed by atoms with Crippen molar-refractivity contribution in [3.63, 3.8) is 0 Å². The van der Waals surface area contributed by atoms with Crippen LogP contribution in [0.15, 0.2) is 48.5 Å². The van der Waals surface area contributed by atoms with Crippen molar-refractivity contribution >= 4 is 28.4 Å². The van der Waals surface area contributed by atoms with Gasteiger partial charge in [-0.15, -0.1) is 0 Å². The molecule has 0 unspecified atom stereocenters. The molecular formula is C14H14N4. The third-order valence-electron chi connectivity index (χ3n) is 2.99. The first kappa shape index (κ1) is 10.7. The highest BCUT2D eigenvalue weighted by atomic mass is 15.2. The molecule has 0 saturated carbocycles. The number of nitrogen functional groups attached to an aromatic ring is 1. The summed E-state index contributed by atoms with van der Waals surface area (Å²) in [4.78, 5) is 4.54. The van der Waals surface area contributed by atoms with E-state index in [0.29, 0.717) is 5.69 Å². The predicted octanol–water partition coefficient (Wildman–Crippen LogP) is 2.90. The van der Waals surface area contributed by atoms with E-state index in [9.17, 15) is 0 Å². The van der Waals surface area contributed by atoms with Crippen LogP contribution in [0.5, 0.6) is 0 Å². The van der Waals surface area contributed by atoms with E-state index in [-0.39, 0.29) is 0 Å². The number of nitrogens with one attached hydrogen (secondary N) is 1. The van der Waals surface area contributed by atoms with Crippen LogP contribution in [0.4, 0.5) is 17.3 Å². The van der Waals surface area contributed by atoms with Gasteiger partial charge in [0.15, 0.2) is 0 Å². The molecule has 1 heterocycles. The van der Waals surface area contributed by atoms with Gasteiger partial charge in [0.25, 0.3) is 0 Å². The molecule has 0 saturated heterocycles. The SMILES string of the molecule is Cn1c(Nc2ccccc2N)nc2ccccc21. The minimum atomic E-state index is 0.713. The number of aromatic nitrogens is 2. The van der Waals surface area contributed by atoms with Gasteiger partial charge in [-0.3, -0.25) is 0 Å². The largest absolute Gasteiger partial charge is 0.397 e. The van der Waals surface area contributed by atoms with Gasteiger partial charge < -0.3 is 15.6 Å². The molecule has 0 spiro atoms. The zero-order valence-electron chi connectivity index (χ0n) is 10.1. The van der Waals surface area contributed by atoms with Crippen molar-refractivity contribution in [2.24, 2.45) is 7.05 Å². The lowest BCUT2D eigenvalue weighted by Gasteiger charge is -2.08. The number of aryl methyl sites for hydroxylation is 1. The molecule has 0 amide bonds. The zero-order chi connectivity index (χ0) is 12.5. The molecule has 0 aliphatic carbocycles. The maximum Gasteiger partial charge on any atom is 0.208 e. The molecule has 3 rings (SSSR count). The van der Waals surface area contributed by atoms with Crippen molar-refractivity contribution in [3.05, 3.63) is 48.5 Å². The quantitative estimate of drug-likeness (QED) is 0.675. The maximum absolute atomic E-state index is 5.91. The average molecular weight is 238 g/mol. The smallest absolute Gasteiger partial charge is 0.208 e. The van der Waals surface area contributed by atoms with Crippen LogP contribution < -0.4 is 11.1 Å². The Morgan fingerprint density at radius 3 is 2.56 bits per heavy atom. The molecule has 90 valence electrons. The van der Waals surface area contributed by atoms with Crippen LogP contribution in [0, 0.1) is 0 Å². The zero-order valence-corrected chi connectivity index (χ0v) is 10.1. The molecular weight excluding hydrogens is 224 g/mol. The fourth-order valence-electron chi connectivity index (χ4n) is 1.99. The van der Waals surface area contributed by atoms with E-state index in [1.54, 1.807) is 0 Å². The van der Waals surface area contributed by atoms with E-state index in [4.69, 9.17) is 5.73 Å². The minimum absolute atomic E-state index is 0.713. The first-order valence-electron chi connectivity index (χ1n) is 5.79. The second kappa shape index (κ2) is 4.07. The number of anilines is 3. The van der Waals surface area contributed by atoms with Crippen LogP contribution >= 0.6 is 0 Å². The molecule has 0 atom stereocenters. The molecule has 2 aromatic carbocycles. The summed E-state index contributed by atoms with van der Waals surface area (Å²) in [5, 5.41) is 3.26. The Balaban J connectivity index is 2.06. The second-order valence-corrected chi connectivity index (χ2v) is 4.20. The van der Waals surface area contributed by atoms with Crippen LogP contribution in [0.25, 0.3) is 11.0 Å². The van der Waals surface area contributed by atoms with E-state index in [0.717, 1.165) is 22.7 Å². The third kappa shape index (κ3) is 1.68. The van der Waals surface area contributed by atoms with E-state index < -0.39 is 0 Å². The van der Waals surface area contributed by atoms with Gasteiger partial charge in [-0.2, -0.15) is 0 Å². The van der Waals surface area contributed by atoms with Gasteiger partial charge in [-0.05, 0) is 24.3 Å². The van der Waals surface area contributed by atoms with Crippen molar-refractivity contribution in [1.82, 2.24) is 9.55 Å². The van der Waals surface area contributed by atoms with Crippen molar-refractivity contribution in [3.8, 4) is 0 Å². The fourth-order valence-corrected chi connectivity index (χ4v) is 1.99. The molecule has 0 aliphatic heterocycles. The average Bonchev–Trinajstić information content (AvgIpc) is 2.70. The Labute approximate surface area is 105 Å². The molecule has 1 aromatic heterocycles. The number of para-hydroxylation sites is 4. The molecule has 4 nitrogen and oxygen atoms in total. The van der Waals surface area contributed by atoms with Crippen molar-refractivity contribution in [2.45, 2.75) is 0 Å². The second-order valence-electron chi connectivity index (χ2n) is 4.20. The maximum atomic E-state index is 5.91. The molecule has 3 aromatic rings. The summed E-state index contributed by atoms with van der Waals surface area (Å²) in [7, 11) is 1.98. The van der Waals surface area contributed by atoms with Gasteiger partial charge >= 0.3 is 0 Å². The van der Waals surface area contributed by atoms with E-state index in [1.165, 1.54) is 0 Å². The Morgan fingerprint density at radius 2 is 1.78 bits per heavy atom. The number of hydrogen-bond donors (Lipinski definition) is 2. The van der Waals surface area contributed by atoms with Gasteiger partial charge in [0.05, 0.1) is 22.4 Å². The first-order chi connectivity index (χ1) is 8.75. The minimum Gasteiger partial charge on any atom is -0.397 e. The van der Waals surface area contributed by atoms with Gasteiger partial charge in [0.1, 0.15) is 0 Å². The molecule has 18 heavy (non-hydrogen) atoms. The van der Waals surface area contributed by atoms with Crippen molar-refractivity contribution < 1.29 is 0 Å². The lowest BCUT2D eigenvalue weighted by atomic mass is 10.3. The van der Waals surface area contributed by atoms with Crippen molar-refractivity contribution in [2.75, 3.05) is 11.1 Å². The molecule has 3 N–H and O–H groups in total. The van der Waals surface area contributed by atoms with Crippen LogP contribution in [0.3, 0.4) is 0 Å². The van der Waals surface area contributed by atoms with Crippen molar-refractivity contribution in [1.29, 1.82) is 0 Å². The number of hydrogen-bond acceptors (Lipinski definition) is 3. The van der Waals surface area contributed by atoms with Crippen LogP contribution in [0.2, 0.25) is 0 Å². The van der Waals surface area contributed by atoms with E-state index in [1.807, 2.05) is 60.1 Å². The van der Waals surface area contributed by atoms with E-state index in [2.05, 4.69) is 10.3 Å². The first-order valence-corrected chi connectivity index (χ1v) is 5.79. The Hall–Kier alpha value is -2.49. The topological polar surface area (TPSA) is 55.9 Å². The summed E-state index contributed by atoms with van der Waals surface area (Å²) in [6.45, 7) is 0. The Morgan fingerprint density at radius 1 is 1.06 bits per heavy atom. The summed E-state index contributed by atoms with van der Waals surface area (Å²) in [5.74, 6) is 0.786. The van der Waals surface area contributed by atoms with Crippen LogP contribution in [-0.2, 0) is 7.05 Å². The molecule has 4 heteroatoms. The lowest BCUT2D eigenvalue weighted by Crippen LogP contribution is -2.01. The lowest BCUT2D eigenvalue weighted by molar-refractivity contribution is 0.958. The third-order valence-corrected chi connectivity index (χ3v) is 2.99. The Kier molecular flexibility index (Phi) is 2.41. The molecule has 0 radical (unpaired) electrons. The number of benzene rings is 2. The van der Waals surface area contributed by atoms with E-state index >= 15 is 0 Å². The molecule has 0 aliphatic rings. The molecule has 0 bridgehead atoms. The standard InChI is InChI=1S/C14H14N4/c1-18-13-9-5-4-8-12(13)17-14(18)16-11-7-3-2-6-10(11)15/h2-9H,15H2,1H3,(H,16,17). The highest BCUT2D eigenvalue weighted by molar-refractivity contribution is 5.80. The predicted molar refractivity (Wildman–Crippen MR) is 74.9 cm³/mol. The fraction of sp³-hybridized carbons (Fsp3) is 0.0714. The van der Waals surface area contributed by atoms with Gasteiger partial charge in [0, 0.05) is 7.05 Å². The normalized spacial score (nSPS) is 10.7. The number of imidazole rings is 1. The summed E-state index contributed by atoms with van der Waals surface area (Å²) in [6, 6.07) is 15.7.